The number of aromatic hydroxyl groups is 1. The minimum Gasteiger partial charge on any atom is -0.508 e. The smallest absolute Gasteiger partial charge is 0.354 e. The van der Waals surface area contributed by atoms with Crippen LogP contribution in [0.3, 0.4) is 0 Å². The van der Waals surface area contributed by atoms with Crippen LogP contribution in [-0.2, 0) is 55.5 Å². The largest absolute Gasteiger partial charge is 0.508 e. The van der Waals surface area contributed by atoms with Crippen LogP contribution >= 0.6 is 35.1 Å². The minimum absolute atomic E-state index is 0.0125. The van der Waals surface area contributed by atoms with Gasteiger partial charge in [0.25, 0.3) is 0 Å². The molecule has 0 unspecified atom stereocenters. The molecule has 0 radical (unpaired) electrons. The lowest BCUT2D eigenvalue weighted by Gasteiger charge is -2.11. The summed E-state index contributed by atoms with van der Waals surface area (Å²) in [5.74, 6) is 2.13. The third kappa shape index (κ3) is 6.42. The van der Waals surface area contributed by atoms with Gasteiger partial charge in [0, 0.05) is 87.8 Å². The van der Waals surface area contributed by atoms with E-state index in [1.54, 1.807) is 23.5 Å². The molecule has 3 heterocycles. The lowest BCUT2D eigenvalue weighted by atomic mass is 9.97. The fourth-order valence-corrected chi connectivity index (χ4v) is 8.81. The van der Waals surface area contributed by atoms with Crippen LogP contribution in [0.15, 0.2) is 35.2 Å². The molecule has 9 nitrogen and oxygen atoms in total. The molecule has 0 bridgehead atoms. The standard InChI is InChI=1S/C35H40ClN5O4S2/c1-20-31-29(41(12-7-13-42)34(20)35(44)45-5)11-10-27(36)33(31)32-21(2)39(3)38-28(32)19-46-17-23-15-24(40(4)37-23)18-47-25-14-22-8-6-9-26(22)30(43)16-25/h10-11,14-16,42-43H,6-9,12-13,17-19H2,1-5H3. The number of halogens is 1. The third-order valence-corrected chi connectivity index (χ3v) is 11.4. The van der Waals surface area contributed by atoms with E-state index in [1.165, 1.54) is 12.7 Å². The van der Waals surface area contributed by atoms with Gasteiger partial charge in [0.2, 0.25) is 0 Å². The highest BCUT2D eigenvalue weighted by Gasteiger charge is 2.27. The van der Waals surface area contributed by atoms with Gasteiger partial charge in [0.1, 0.15) is 11.4 Å². The molecule has 12 heteroatoms. The Morgan fingerprint density at radius 1 is 1.04 bits per heavy atom. The van der Waals surface area contributed by atoms with Crippen LogP contribution < -0.4 is 0 Å². The van der Waals surface area contributed by atoms with E-state index in [9.17, 15) is 15.0 Å². The van der Waals surface area contributed by atoms with Gasteiger partial charge < -0.3 is 19.5 Å². The molecule has 248 valence electrons. The number of aryl methyl sites for hydroxylation is 5. The average molecular weight is 694 g/mol. The Morgan fingerprint density at radius 3 is 2.62 bits per heavy atom. The predicted octanol–water partition coefficient (Wildman–Crippen LogP) is 7.13. The van der Waals surface area contributed by atoms with E-state index in [0.717, 1.165) is 85.8 Å². The van der Waals surface area contributed by atoms with E-state index in [-0.39, 0.29) is 6.61 Å². The van der Waals surface area contributed by atoms with E-state index in [0.29, 0.717) is 40.9 Å². The highest BCUT2D eigenvalue weighted by atomic mass is 35.5. The lowest BCUT2D eigenvalue weighted by Crippen LogP contribution is -2.12. The zero-order valence-corrected chi connectivity index (χ0v) is 29.8. The van der Waals surface area contributed by atoms with Crippen LogP contribution in [0.5, 0.6) is 5.75 Å². The number of hydrogen-bond donors (Lipinski definition) is 2. The van der Waals surface area contributed by atoms with Gasteiger partial charge in [-0.25, -0.2) is 4.79 Å². The molecule has 0 spiro atoms. The first-order valence-corrected chi connectivity index (χ1v) is 18.2. The van der Waals surface area contributed by atoms with Gasteiger partial charge in [-0.15, -0.1) is 23.5 Å². The van der Waals surface area contributed by atoms with Crippen molar-refractivity contribution in [3.63, 3.8) is 0 Å². The van der Waals surface area contributed by atoms with Gasteiger partial charge in [0.15, 0.2) is 0 Å². The summed E-state index contributed by atoms with van der Waals surface area (Å²) < 4.78 is 10.9. The fraction of sp³-hybridized carbons (Fsp3) is 0.400. The number of aliphatic hydroxyl groups excluding tert-OH is 1. The predicted molar refractivity (Wildman–Crippen MR) is 190 cm³/mol. The summed E-state index contributed by atoms with van der Waals surface area (Å²) in [6.45, 7) is 4.45. The van der Waals surface area contributed by atoms with Crippen molar-refractivity contribution in [3.8, 4) is 16.9 Å². The van der Waals surface area contributed by atoms with Crippen molar-refractivity contribution in [2.45, 2.75) is 68.2 Å². The molecule has 0 atom stereocenters. The van der Waals surface area contributed by atoms with Crippen LogP contribution in [0.4, 0.5) is 0 Å². The first kappa shape index (κ1) is 33.5. The van der Waals surface area contributed by atoms with Crippen LogP contribution in [0.25, 0.3) is 22.0 Å². The fourth-order valence-electron chi connectivity index (χ4n) is 6.70. The van der Waals surface area contributed by atoms with E-state index < -0.39 is 5.97 Å². The lowest BCUT2D eigenvalue weighted by molar-refractivity contribution is 0.0587. The van der Waals surface area contributed by atoms with Crippen molar-refractivity contribution < 1.29 is 19.7 Å². The number of benzene rings is 2. The van der Waals surface area contributed by atoms with Crippen LogP contribution in [0.1, 0.15) is 62.8 Å². The van der Waals surface area contributed by atoms with Crippen molar-refractivity contribution in [2.24, 2.45) is 14.1 Å². The van der Waals surface area contributed by atoms with Gasteiger partial charge in [-0.05, 0) is 86.6 Å². The summed E-state index contributed by atoms with van der Waals surface area (Å²) in [6.07, 6.45) is 3.61. The minimum atomic E-state index is -0.420. The topological polar surface area (TPSA) is 107 Å². The Hall–Kier alpha value is -3.38. The maximum absolute atomic E-state index is 13.0. The molecule has 0 saturated carbocycles. The zero-order chi connectivity index (χ0) is 33.4. The number of phenols is 1. The number of esters is 1. The Morgan fingerprint density at radius 2 is 1.85 bits per heavy atom. The summed E-state index contributed by atoms with van der Waals surface area (Å²) in [5.41, 5.74) is 10.3. The Labute approximate surface area is 288 Å². The molecule has 0 saturated heterocycles. The van der Waals surface area contributed by atoms with E-state index in [4.69, 9.17) is 26.5 Å². The second-order valence-electron chi connectivity index (χ2n) is 12.0. The quantitative estimate of drug-likeness (QED) is 0.105. The number of carbonyl (C=O) groups is 1. The maximum Gasteiger partial charge on any atom is 0.354 e. The van der Waals surface area contributed by atoms with Gasteiger partial charge in [-0.2, -0.15) is 10.2 Å². The highest BCUT2D eigenvalue weighted by molar-refractivity contribution is 7.98. The molecule has 2 aromatic carbocycles. The summed E-state index contributed by atoms with van der Waals surface area (Å²) in [5, 5.41) is 31.2. The van der Waals surface area contributed by atoms with Gasteiger partial charge >= 0.3 is 5.97 Å². The van der Waals surface area contributed by atoms with Crippen molar-refractivity contribution in [3.05, 3.63) is 80.5 Å². The van der Waals surface area contributed by atoms with Crippen molar-refractivity contribution in [1.29, 1.82) is 0 Å². The third-order valence-electron chi connectivity index (χ3n) is 9.07. The number of thioether (sulfide) groups is 2. The second-order valence-corrected chi connectivity index (χ2v) is 14.4. The number of fused-ring (bicyclic) bond motifs is 2. The molecule has 0 fully saturated rings. The second kappa shape index (κ2) is 14.0. The number of ether oxygens (including phenoxy) is 1. The molecule has 6 rings (SSSR count). The highest BCUT2D eigenvalue weighted by Crippen LogP contribution is 2.43. The van der Waals surface area contributed by atoms with Crippen LogP contribution in [0, 0.1) is 13.8 Å². The van der Waals surface area contributed by atoms with Crippen molar-refractivity contribution in [2.75, 3.05) is 13.7 Å². The summed E-state index contributed by atoms with van der Waals surface area (Å²) >= 11 is 10.4. The number of carbonyl (C=O) groups excluding carboxylic acids is 1. The molecule has 0 amide bonds. The molecule has 5 aromatic rings. The summed E-state index contributed by atoms with van der Waals surface area (Å²) in [4.78, 5) is 14.0. The average Bonchev–Trinajstić information content (AvgIpc) is 3.80. The van der Waals surface area contributed by atoms with E-state index >= 15 is 0 Å². The van der Waals surface area contributed by atoms with Crippen LogP contribution in [0.2, 0.25) is 5.02 Å². The monoisotopic (exact) mass is 693 g/mol. The van der Waals surface area contributed by atoms with Gasteiger partial charge in [0.05, 0.1) is 18.5 Å². The van der Waals surface area contributed by atoms with Gasteiger partial charge in [-0.3, -0.25) is 9.36 Å². The zero-order valence-electron chi connectivity index (χ0n) is 27.4. The van der Waals surface area contributed by atoms with Crippen molar-refractivity contribution >= 4 is 52.0 Å². The molecule has 3 aromatic heterocycles. The normalized spacial score (nSPS) is 12.7. The molecule has 2 N–H and O–H groups in total. The molecule has 0 aliphatic heterocycles. The number of aliphatic hydroxyl groups is 1. The SMILES string of the molecule is COC(=O)c1c(C)c2c(-c3c(CSCc4cc(CSc5cc(O)c6c(c5)CCC6)n(C)n4)nn(C)c3C)c(Cl)ccc2n1CCCO. The van der Waals surface area contributed by atoms with Gasteiger partial charge in [-0.1, -0.05) is 11.6 Å². The molecule has 47 heavy (non-hydrogen) atoms. The molecular formula is C35H40ClN5O4S2. The number of nitrogens with zero attached hydrogens (tertiary/aromatic N) is 5. The Bertz CT molecular complexity index is 1980. The van der Waals surface area contributed by atoms with E-state index in [2.05, 4.69) is 12.1 Å². The first-order chi connectivity index (χ1) is 22.6. The Balaban J connectivity index is 1.24. The molecule has 1 aliphatic carbocycles. The van der Waals surface area contributed by atoms with Crippen molar-refractivity contribution in [1.82, 2.24) is 24.1 Å². The number of phenolic OH excluding ortho intramolecular Hbond substituents is 1. The molecular weight excluding hydrogens is 654 g/mol. The summed E-state index contributed by atoms with van der Waals surface area (Å²) in [6, 6.07) is 10.1. The van der Waals surface area contributed by atoms with Crippen LogP contribution in [-0.4, -0.2) is 54.0 Å². The number of hydrogen-bond acceptors (Lipinski definition) is 8. The number of rotatable bonds is 12. The first-order valence-electron chi connectivity index (χ1n) is 15.7. The number of aromatic nitrogens is 5. The number of methoxy groups -OCH3 is 1. The maximum atomic E-state index is 13.0. The Kier molecular flexibility index (Phi) is 9.98. The summed E-state index contributed by atoms with van der Waals surface area (Å²) in [7, 11) is 5.29. The van der Waals surface area contributed by atoms with E-state index in [1.807, 2.05) is 60.1 Å². The molecule has 1 aliphatic rings.